The van der Waals surface area contributed by atoms with Crippen molar-refractivity contribution in [1.82, 2.24) is 25.1 Å². The Balaban J connectivity index is 1.34. The first-order valence-corrected chi connectivity index (χ1v) is 11.5. The summed E-state index contributed by atoms with van der Waals surface area (Å²) in [6.07, 6.45) is 8.87. The maximum atomic E-state index is 5.08. The van der Waals surface area contributed by atoms with Crippen LogP contribution < -0.4 is 4.90 Å². The number of nitrogens with zero attached hydrogens (tertiary/aromatic N) is 5. The number of fused-ring (bicyclic) bond motifs is 3. The van der Waals surface area contributed by atoms with Crippen LogP contribution >= 0.6 is 0 Å². The number of hydrogen-bond acceptors (Lipinski definition) is 5. The molecule has 154 valence electrons. The van der Waals surface area contributed by atoms with Crippen molar-refractivity contribution in [1.29, 1.82) is 0 Å². The highest BCUT2D eigenvalue weighted by Gasteiger charge is 2.46. The van der Waals surface area contributed by atoms with Gasteiger partial charge in [-0.15, -0.1) is 0 Å². The number of piperidine rings is 1. The van der Waals surface area contributed by atoms with E-state index in [4.69, 9.17) is 9.97 Å². The molecule has 1 saturated heterocycles. The average Bonchev–Trinajstić information content (AvgIpc) is 3.38. The zero-order valence-electron chi connectivity index (χ0n) is 17.8. The van der Waals surface area contributed by atoms with Crippen LogP contribution in [0.25, 0.3) is 0 Å². The predicted molar refractivity (Wildman–Crippen MR) is 113 cm³/mol. The van der Waals surface area contributed by atoms with Crippen LogP contribution in [0.5, 0.6) is 0 Å². The fourth-order valence-electron chi connectivity index (χ4n) is 6.05. The second-order valence-electron chi connectivity index (χ2n) is 9.93. The maximum absolute atomic E-state index is 5.08. The summed E-state index contributed by atoms with van der Waals surface area (Å²) in [7, 11) is 0. The zero-order valence-corrected chi connectivity index (χ0v) is 17.8. The van der Waals surface area contributed by atoms with Crippen LogP contribution in [0.15, 0.2) is 0 Å². The molecule has 1 spiro atoms. The molecule has 2 aromatic heterocycles. The van der Waals surface area contributed by atoms with E-state index in [0.717, 1.165) is 37.7 Å². The number of H-pyrrole nitrogens is 1. The smallest absolute Gasteiger partial charge is 0.136 e. The first kappa shape index (κ1) is 17.9. The van der Waals surface area contributed by atoms with Gasteiger partial charge in [-0.25, -0.2) is 9.97 Å². The lowest BCUT2D eigenvalue weighted by molar-refractivity contribution is 0.138. The minimum Gasteiger partial charge on any atom is -0.351 e. The number of nitrogens with one attached hydrogen (secondary N) is 1. The zero-order chi connectivity index (χ0) is 19.6. The average molecular weight is 393 g/mol. The molecule has 4 heterocycles. The first-order valence-electron chi connectivity index (χ1n) is 11.5. The number of aromatic nitrogens is 4. The molecule has 0 radical (unpaired) electrons. The van der Waals surface area contributed by atoms with Crippen molar-refractivity contribution in [3.05, 3.63) is 34.0 Å². The fraction of sp³-hybridized carbons (Fsp3) is 0.696. The van der Waals surface area contributed by atoms with Crippen LogP contribution in [-0.4, -0.2) is 51.2 Å². The van der Waals surface area contributed by atoms with Gasteiger partial charge in [0, 0.05) is 54.8 Å². The van der Waals surface area contributed by atoms with Gasteiger partial charge in [-0.3, -0.25) is 5.10 Å². The number of hydrogen-bond donors (Lipinski definition) is 1. The van der Waals surface area contributed by atoms with Gasteiger partial charge >= 0.3 is 0 Å². The summed E-state index contributed by atoms with van der Waals surface area (Å²) >= 11 is 0. The topological polar surface area (TPSA) is 60.9 Å². The number of likely N-dealkylation sites (tertiary alicyclic amines) is 1. The van der Waals surface area contributed by atoms with E-state index in [2.05, 4.69) is 33.8 Å². The fourth-order valence-corrected chi connectivity index (χ4v) is 6.05. The third-order valence-corrected chi connectivity index (χ3v) is 7.75. The summed E-state index contributed by atoms with van der Waals surface area (Å²) in [5, 5.41) is 7.66. The van der Waals surface area contributed by atoms with Gasteiger partial charge in [0.1, 0.15) is 11.6 Å². The van der Waals surface area contributed by atoms with Crippen molar-refractivity contribution in [2.24, 2.45) is 5.92 Å². The summed E-state index contributed by atoms with van der Waals surface area (Å²) in [5.74, 6) is 3.11. The van der Waals surface area contributed by atoms with E-state index in [1.165, 1.54) is 85.8 Å². The van der Waals surface area contributed by atoms with Crippen molar-refractivity contribution in [2.75, 3.05) is 31.1 Å². The monoisotopic (exact) mass is 392 g/mol. The third kappa shape index (κ3) is 2.98. The SMILES string of the molecule is Cc1nc(N2CCc3n[nH]c(C)c3C2)c2c(n1)C1(CCCN(CC3CC3)C1)CC2. The highest BCUT2D eigenvalue weighted by molar-refractivity contribution is 5.55. The van der Waals surface area contributed by atoms with Crippen molar-refractivity contribution >= 4 is 5.82 Å². The molecule has 1 unspecified atom stereocenters. The van der Waals surface area contributed by atoms with Crippen molar-refractivity contribution in [2.45, 2.75) is 70.8 Å². The molecular formula is C23H32N6. The van der Waals surface area contributed by atoms with E-state index in [1.54, 1.807) is 0 Å². The van der Waals surface area contributed by atoms with Gasteiger partial charge < -0.3 is 9.80 Å². The van der Waals surface area contributed by atoms with Gasteiger partial charge in [-0.2, -0.15) is 5.10 Å². The summed E-state index contributed by atoms with van der Waals surface area (Å²) in [6, 6.07) is 0. The Morgan fingerprint density at radius 3 is 2.83 bits per heavy atom. The van der Waals surface area contributed by atoms with Gasteiger partial charge in [0.05, 0.1) is 11.4 Å². The van der Waals surface area contributed by atoms with Crippen LogP contribution in [0.1, 0.15) is 66.1 Å². The second-order valence-corrected chi connectivity index (χ2v) is 9.93. The lowest BCUT2D eigenvalue weighted by Gasteiger charge is -2.41. The Labute approximate surface area is 173 Å². The Morgan fingerprint density at radius 1 is 1.07 bits per heavy atom. The van der Waals surface area contributed by atoms with E-state index in [9.17, 15) is 0 Å². The van der Waals surface area contributed by atoms with E-state index in [-0.39, 0.29) is 5.41 Å². The Hall–Kier alpha value is -1.95. The first-order chi connectivity index (χ1) is 14.1. The highest BCUT2D eigenvalue weighted by Crippen LogP contribution is 2.47. The summed E-state index contributed by atoms with van der Waals surface area (Å²) in [5.41, 5.74) is 6.88. The lowest BCUT2D eigenvalue weighted by Crippen LogP contribution is -2.46. The van der Waals surface area contributed by atoms with Crippen LogP contribution in [0.2, 0.25) is 0 Å². The summed E-state index contributed by atoms with van der Waals surface area (Å²) in [6.45, 7) is 9.93. The van der Waals surface area contributed by atoms with E-state index < -0.39 is 0 Å². The molecule has 1 N–H and O–H groups in total. The molecule has 2 aromatic rings. The van der Waals surface area contributed by atoms with E-state index in [0.29, 0.717) is 0 Å². The van der Waals surface area contributed by atoms with Gasteiger partial charge in [0.2, 0.25) is 0 Å². The quantitative estimate of drug-likeness (QED) is 0.870. The number of rotatable bonds is 3. The predicted octanol–water partition coefficient (Wildman–Crippen LogP) is 3.07. The minimum absolute atomic E-state index is 0.261. The lowest BCUT2D eigenvalue weighted by atomic mass is 9.77. The number of aromatic amines is 1. The molecule has 6 rings (SSSR count). The Kier molecular flexibility index (Phi) is 4.02. The maximum Gasteiger partial charge on any atom is 0.136 e. The second kappa shape index (κ2) is 6.53. The summed E-state index contributed by atoms with van der Waals surface area (Å²) in [4.78, 5) is 15.3. The molecular weight excluding hydrogens is 360 g/mol. The van der Waals surface area contributed by atoms with Crippen LogP contribution in [0, 0.1) is 19.8 Å². The number of aryl methyl sites for hydroxylation is 2. The normalized spacial score (nSPS) is 26.8. The van der Waals surface area contributed by atoms with Crippen LogP contribution in [0.3, 0.4) is 0 Å². The van der Waals surface area contributed by atoms with Crippen LogP contribution in [0.4, 0.5) is 5.82 Å². The largest absolute Gasteiger partial charge is 0.351 e. The molecule has 6 heteroatoms. The Morgan fingerprint density at radius 2 is 1.97 bits per heavy atom. The van der Waals surface area contributed by atoms with Gasteiger partial charge in [-0.05, 0) is 64.8 Å². The van der Waals surface area contributed by atoms with Crippen molar-refractivity contribution < 1.29 is 0 Å². The third-order valence-electron chi connectivity index (χ3n) is 7.75. The molecule has 1 atom stereocenters. The van der Waals surface area contributed by atoms with Crippen molar-refractivity contribution in [3.8, 4) is 0 Å². The van der Waals surface area contributed by atoms with Gasteiger partial charge in [0.25, 0.3) is 0 Å². The molecule has 1 saturated carbocycles. The van der Waals surface area contributed by atoms with Gasteiger partial charge in [0.15, 0.2) is 0 Å². The van der Waals surface area contributed by atoms with Crippen molar-refractivity contribution in [3.63, 3.8) is 0 Å². The molecule has 0 aromatic carbocycles. The molecule has 0 amide bonds. The standard InChI is InChI=1S/C23H32N6/c1-15-19-13-29(11-7-20(19)27-26-15)22-18-6-9-23(21(18)24-16(2)25-22)8-3-10-28(14-23)12-17-4-5-17/h17H,3-14H2,1-2H3,(H,26,27). The van der Waals surface area contributed by atoms with Gasteiger partial charge in [-0.1, -0.05) is 0 Å². The van der Waals surface area contributed by atoms with E-state index in [1.807, 2.05) is 0 Å². The minimum atomic E-state index is 0.261. The molecule has 29 heavy (non-hydrogen) atoms. The van der Waals surface area contributed by atoms with E-state index >= 15 is 0 Å². The summed E-state index contributed by atoms with van der Waals surface area (Å²) < 4.78 is 0. The molecule has 6 nitrogen and oxygen atoms in total. The molecule has 2 aliphatic carbocycles. The molecule has 2 aliphatic heterocycles. The highest BCUT2D eigenvalue weighted by atomic mass is 15.2. The number of anilines is 1. The molecule has 4 aliphatic rings. The molecule has 0 bridgehead atoms. The Bertz CT molecular complexity index is 945. The molecule has 2 fully saturated rings. The van der Waals surface area contributed by atoms with Crippen LogP contribution in [-0.2, 0) is 24.8 Å².